The molecule has 0 saturated carbocycles. The van der Waals surface area contributed by atoms with E-state index in [1.807, 2.05) is 0 Å². The second kappa shape index (κ2) is 15.8. The van der Waals surface area contributed by atoms with Crippen LogP contribution in [0.4, 0.5) is 17.1 Å². The molecular formula is C68H46N2. The molecule has 1 atom stereocenters. The van der Waals surface area contributed by atoms with Gasteiger partial charge in [0.2, 0.25) is 0 Å². The van der Waals surface area contributed by atoms with Crippen LogP contribution in [0.5, 0.6) is 0 Å². The predicted molar refractivity (Wildman–Crippen MR) is 290 cm³/mol. The lowest BCUT2D eigenvalue weighted by molar-refractivity contribution is 0.768. The molecule has 0 N–H and O–H groups in total. The van der Waals surface area contributed by atoms with Gasteiger partial charge in [-0.3, -0.25) is 0 Å². The maximum absolute atomic E-state index is 2.50. The average Bonchev–Trinajstić information content (AvgIpc) is 4.04. The van der Waals surface area contributed by atoms with E-state index >= 15 is 0 Å². The zero-order chi connectivity index (χ0) is 46.2. The molecular weight excluding hydrogens is 845 g/mol. The molecule has 0 fully saturated rings. The van der Waals surface area contributed by atoms with Crippen molar-refractivity contribution < 1.29 is 0 Å². The molecule has 2 heteroatoms. The van der Waals surface area contributed by atoms with Gasteiger partial charge in [0.1, 0.15) is 0 Å². The van der Waals surface area contributed by atoms with Crippen molar-refractivity contribution in [2.45, 2.75) is 10.8 Å². The Balaban J connectivity index is 1.04. The fourth-order valence-corrected chi connectivity index (χ4v) is 12.5. The summed E-state index contributed by atoms with van der Waals surface area (Å²) >= 11 is 0. The van der Waals surface area contributed by atoms with Gasteiger partial charge in [-0.05, 0) is 127 Å². The first-order valence-electron chi connectivity index (χ1n) is 24.3. The van der Waals surface area contributed by atoms with Gasteiger partial charge >= 0.3 is 0 Å². The van der Waals surface area contributed by atoms with Gasteiger partial charge in [0.15, 0.2) is 0 Å². The second-order valence-electron chi connectivity index (χ2n) is 18.7. The number of hydrogen-bond acceptors (Lipinski definition) is 1. The van der Waals surface area contributed by atoms with Crippen molar-refractivity contribution in [3.8, 4) is 27.9 Å². The van der Waals surface area contributed by atoms with Crippen LogP contribution < -0.4 is 4.90 Å². The Kier molecular flexibility index (Phi) is 9.06. The summed E-state index contributed by atoms with van der Waals surface area (Å²) in [5, 5.41) is 2.48. The summed E-state index contributed by atoms with van der Waals surface area (Å²) in [6.45, 7) is 0. The Bertz CT molecular complexity index is 3890. The highest BCUT2D eigenvalue weighted by Gasteiger charge is 2.48. The summed E-state index contributed by atoms with van der Waals surface area (Å²) in [4.78, 5) is 2.47. The van der Waals surface area contributed by atoms with Crippen molar-refractivity contribution in [1.29, 1.82) is 0 Å². The van der Waals surface area contributed by atoms with E-state index in [4.69, 9.17) is 0 Å². The Morgan fingerprint density at radius 1 is 0.257 bits per heavy atom. The third-order valence-electron chi connectivity index (χ3n) is 15.3. The lowest BCUT2D eigenvalue weighted by atomic mass is 9.67. The van der Waals surface area contributed by atoms with Crippen LogP contribution >= 0.6 is 0 Å². The minimum Gasteiger partial charge on any atom is -0.310 e. The third-order valence-corrected chi connectivity index (χ3v) is 15.3. The Morgan fingerprint density at radius 3 is 1.21 bits per heavy atom. The maximum Gasteiger partial charge on any atom is 0.0715 e. The molecule has 2 aliphatic rings. The van der Waals surface area contributed by atoms with Gasteiger partial charge in [0.25, 0.3) is 0 Å². The zero-order valence-corrected chi connectivity index (χ0v) is 38.5. The lowest BCUT2D eigenvalue weighted by Crippen LogP contribution is -2.29. The Hall–Kier alpha value is -8.98. The molecule has 2 nitrogen and oxygen atoms in total. The minimum absolute atomic E-state index is 0.532. The van der Waals surface area contributed by atoms with Crippen molar-refractivity contribution in [1.82, 2.24) is 4.57 Å². The monoisotopic (exact) mass is 890 g/mol. The highest BCUT2D eigenvalue weighted by molar-refractivity contribution is 6.10. The first kappa shape index (κ1) is 40.1. The lowest BCUT2D eigenvalue weighted by Gasteiger charge is -2.36. The molecule has 1 aromatic heterocycles. The third kappa shape index (κ3) is 5.68. The first-order valence-corrected chi connectivity index (χ1v) is 24.3. The van der Waals surface area contributed by atoms with Crippen LogP contribution in [0.3, 0.4) is 0 Å². The maximum atomic E-state index is 2.50. The second-order valence-corrected chi connectivity index (χ2v) is 18.7. The molecule has 328 valence electrons. The topological polar surface area (TPSA) is 8.17 Å². The van der Waals surface area contributed by atoms with Crippen molar-refractivity contribution >= 4 is 38.9 Å². The van der Waals surface area contributed by atoms with E-state index in [0.717, 1.165) is 22.7 Å². The molecule has 12 aromatic rings. The first-order chi connectivity index (χ1) is 34.7. The van der Waals surface area contributed by atoms with Gasteiger partial charge in [-0.1, -0.05) is 218 Å². The molecule has 1 unspecified atom stereocenters. The van der Waals surface area contributed by atoms with E-state index in [1.165, 1.54) is 88.6 Å². The summed E-state index contributed by atoms with van der Waals surface area (Å²) in [5.74, 6) is 0. The van der Waals surface area contributed by atoms with Crippen LogP contribution in [-0.4, -0.2) is 4.57 Å². The number of benzene rings is 11. The molecule has 0 radical (unpaired) electrons. The van der Waals surface area contributed by atoms with Crippen LogP contribution in [0.2, 0.25) is 0 Å². The number of para-hydroxylation sites is 3. The van der Waals surface area contributed by atoms with E-state index < -0.39 is 10.8 Å². The van der Waals surface area contributed by atoms with Gasteiger partial charge in [-0.2, -0.15) is 0 Å². The average molecular weight is 891 g/mol. The molecule has 0 bridgehead atoms. The molecule has 0 saturated heterocycles. The summed E-state index contributed by atoms with van der Waals surface area (Å²) in [6.07, 6.45) is 0. The highest BCUT2D eigenvalue weighted by atomic mass is 15.1. The summed E-state index contributed by atoms with van der Waals surface area (Å²) in [6, 6.07) is 104. The largest absolute Gasteiger partial charge is 0.310 e. The van der Waals surface area contributed by atoms with E-state index in [2.05, 4.69) is 289 Å². The van der Waals surface area contributed by atoms with Crippen LogP contribution in [-0.2, 0) is 10.8 Å². The van der Waals surface area contributed by atoms with Gasteiger partial charge < -0.3 is 9.47 Å². The van der Waals surface area contributed by atoms with Gasteiger partial charge in [-0.25, -0.2) is 0 Å². The van der Waals surface area contributed by atoms with Crippen molar-refractivity contribution in [2.75, 3.05) is 4.90 Å². The van der Waals surface area contributed by atoms with Gasteiger partial charge in [0, 0.05) is 33.5 Å². The molecule has 2 aliphatic carbocycles. The Labute approximate surface area is 408 Å². The van der Waals surface area contributed by atoms with Crippen molar-refractivity contribution in [2.24, 2.45) is 0 Å². The number of nitrogens with zero attached hydrogens (tertiary/aromatic N) is 2. The zero-order valence-electron chi connectivity index (χ0n) is 38.5. The van der Waals surface area contributed by atoms with E-state index in [1.54, 1.807) is 0 Å². The van der Waals surface area contributed by atoms with Crippen LogP contribution in [0.1, 0.15) is 44.5 Å². The number of aromatic nitrogens is 1. The van der Waals surface area contributed by atoms with Gasteiger partial charge in [0.05, 0.1) is 21.9 Å². The van der Waals surface area contributed by atoms with Crippen LogP contribution in [0, 0.1) is 0 Å². The van der Waals surface area contributed by atoms with Crippen LogP contribution in [0.25, 0.3) is 49.7 Å². The predicted octanol–water partition coefficient (Wildman–Crippen LogP) is 17.0. The quantitative estimate of drug-likeness (QED) is 0.148. The van der Waals surface area contributed by atoms with Crippen molar-refractivity contribution in [3.63, 3.8) is 0 Å². The highest BCUT2D eigenvalue weighted by Crippen LogP contribution is 2.60. The van der Waals surface area contributed by atoms with E-state index in [9.17, 15) is 0 Å². The molecule has 11 aromatic carbocycles. The minimum atomic E-state index is -0.646. The molecule has 0 spiro atoms. The van der Waals surface area contributed by atoms with Gasteiger partial charge in [-0.15, -0.1) is 0 Å². The number of fused-ring (bicyclic) bond motifs is 9. The van der Waals surface area contributed by atoms with Crippen molar-refractivity contribution in [3.05, 3.63) is 324 Å². The van der Waals surface area contributed by atoms with E-state index in [-0.39, 0.29) is 0 Å². The summed E-state index contributed by atoms with van der Waals surface area (Å²) in [5.41, 5.74) is 20.8. The number of rotatable bonds is 8. The van der Waals surface area contributed by atoms with E-state index in [0.29, 0.717) is 0 Å². The fraction of sp³-hybridized carbons (Fsp3) is 0.0294. The van der Waals surface area contributed by atoms with Crippen LogP contribution in [0.15, 0.2) is 279 Å². The smallest absolute Gasteiger partial charge is 0.0715 e. The molecule has 14 rings (SSSR count). The summed E-state index contributed by atoms with van der Waals surface area (Å²) < 4.78 is 2.44. The number of hydrogen-bond donors (Lipinski definition) is 0. The molecule has 70 heavy (non-hydrogen) atoms. The standard InChI is InChI=1S/C68H46N2/c1-6-22-47(23-7-1)67(48-24-8-2-9-25-48)61-35-19-16-32-55(61)57-42-39-53(45-63(57)67)69(51-28-12-4-13-29-51)54-40-43-58-56-33-17-20-36-62(56)68(64(58)46-54,49-26-10-3-11-27-49)50-38-41-60-59-34-18-21-37-65(59)70(66(60)44-50)52-30-14-5-15-31-52/h1-46H. The molecule has 0 amide bonds. The number of anilines is 3. The molecule has 0 aliphatic heterocycles. The SMILES string of the molecule is c1ccc(N(c2ccc3c(c2)C(c2ccccc2)(c2ccccc2)c2ccccc2-3)c2ccc3c(c2)C(c2ccccc2)(c2ccc4c5ccccc5n(-c5ccccc5)c4c2)c2ccccc2-3)cc1. The Morgan fingerprint density at radius 2 is 0.671 bits per heavy atom. The fourth-order valence-electron chi connectivity index (χ4n) is 12.5. The molecule has 1 heterocycles. The normalized spacial score (nSPS) is 15.0. The summed E-state index contributed by atoms with van der Waals surface area (Å²) in [7, 11) is 0.